The molecular weight excluding hydrogens is 234 g/mol. The number of nitrogens with zero attached hydrogens (tertiary/aromatic N) is 1. The van der Waals surface area contributed by atoms with Crippen LogP contribution < -0.4 is 10.6 Å². The van der Waals surface area contributed by atoms with Gasteiger partial charge < -0.3 is 10.6 Å². The molecule has 94 valence electrons. The third-order valence-electron chi connectivity index (χ3n) is 2.94. The summed E-state index contributed by atoms with van der Waals surface area (Å²) in [6, 6.07) is 8.78. The minimum Gasteiger partial charge on any atom is -0.398 e. The molecule has 0 amide bonds. The molecule has 2 rings (SSSR count). The number of nitrogens with two attached hydrogens (primary N) is 1. The van der Waals surface area contributed by atoms with Gasteiger partial charge in [0.15, 0.2) is 0 Å². The second kappa shape index (κ2) is 4.64. The van der Waals surface area contributed by atoms with Gasteiger partial charge in [-0.2, -0.15) is 0 Å². The Labute approximate surface area is 105 Å². The van der Waals surface area contributed by atoms with Gasteiger partial charge in [-0.15, -0.1) is 0 Å². The van der Waals surface area contributed by atoms with Gasteiger partial charge in [0.25, 0.3) is 0 Å². The minimum absolute atomic E-state index is 0.332. The van der Waals surface area contributed by atoms with Crippen LogP contribution in [0.4, 0.5) is 25.8 Å². The van der Waals surface area contributed by atoms with Crippen molar-refractivity contribution in [1.29, 1.82) is 0 Å². The van der Waals surface area contributed by atoms with Gasteiger partial charge in [-0.3, -0.25) is 0 Å². The van der Waals surface area contributed by atoms with Crippen molar-refractivity contribution in [2.75, 3.05) is 17.7 Å². The third-order valence-corrected chi connectivity index (χ3v) is 2.94. The normalized spacial score (nSPS) is 10.4. The Balaban J connectivity index is 2.49. The van der Waals surface area contributed by atoms with E-state index >= 15 is 0 Å². The van der Waals surface area contributed by atoms with Crippen LogP contribution in [0.2, 0.25) is 0 Å². The lowest BCUT2D eigenvalue weighted by Crippen LogP contribution is -2.12. The molecule has 0 spiro atoms. The van der Waals surface area contributed by atoms with E-state index in [0.717, 1.165) is 5.56 Å². The van der Waals surface area contributed by atoms with E-state index in [4.69, 9.17) is 5.73 Å². The molecule has 0 saturated heterocycles. The van der Waals surface area contributed by atoms with Gasteiger partial charge in [0, 0.05) is 24.1 Å². The van der Waals surface area contributed by atoms with E-state index in [9.17, 15) is 8.78 Å². The second-order valence-corrected chi connectivity index (χ2v) is 4.18. The first-order valence-electron chi connectivity index (χ1n) is 5.54. The van der Waals surface area contributed by atoms with Gasteiger partial charge in [0.2, 0.25) is 0 Å². The molecular formula is C14H14F2N2. The van der Waals surface area contributed by atoms with E-state index in [1.165, 1.54) is 24.3 Å². The predicted molar refractivity (Wildman–Crippen MR) is 70.0 cm³/mol. The summed E-state index contributed by atoms with van der Waals surface area (Å²) in [5.41, 5.74) is 8.14. The molecule has 2 N–H and O–H groups in total. The molecule has 0 atom stereocenters. The van der Waals surface area contributed by atoms with Crippen molar-refractivity contribution in [3.63, 3.8) is 0 Å². The Bertz CT molecular complexity index is 582. The average Bonchev–Trinajstić information content (AvgIpc) is 2.33. The van der Waals surface area contributed by atoms with E-state index < -0.39 is 5.82 Å². The highest BCUT2D eigenvalue weighted by Crippen LogP contribution is 2.31. The molecule has 18 heavy (non-hydrogen) atoms. The molecule has 2 aromatic rings. The largest absolute Gasteiger partial charge is 0.398 e. The number of hydrogen-bond donors (Lipinski definition) is 1. The fourth-order valence-electron chi connectivity index (χ4n) is 1.86. The lowest BCUT2D eigenvalue weighted by atomic mass is 10.1. The Kier molecular flexibility index (Phi) is 3.19. The van der Waals surface area contributed by atoms with Crippen LogP contribution in [0.15, 0.2) is 36.4 Å². The molecule has 0 radical (unpaired) electrons. The monoisotopic (exact) mass is 248 g/mol. The summed E-state index contributed by atoms with van der Waals surface area (Å²) in [4.78, 5) is 1.71. The van der Waals surface area contributed by atoms with Crippen LogP contribution in [-0.2, 0) is 0 Å². The zero-order valence-electron chi connectivity index (χ0n) is 10.2. The van der Waals surface area contributed by atoms with E-state index in [0.29, 0.717) is 17.1 Å². The number of nitrogen functional groups attached to an aromatic ring is 1. The van der Waals surface area contributed by atoms with Gasteiger partial charge in [-0.25, -0.2) is 8.78 Å². The molecule has 0 aliphatic heterocycles. The molecule has 0 aliphatic rings. The number of anilines is 3. The van der Waals surface area contributed by atoms with E-state index in [-0.39, 0.29) is 5.82 Å². The van der Waals surface area contributed by atoms with Crippen molar-refractivity contribution in [3.8, 4) is 0 Å². The summed E-state index contributed by atoms with van der Waals surface area (Å²) >= 11 is 0. The van der Waals surface area contributed by atoms with Crippen LogP contribution in [0, 0.1) is 18.6 Å². The predicted octanol–water partition coefficient (Wildman–Crippen LogP) is 3.62. The van der Waals surface area contributed by atoms with Gasteiger partial charge >= 0.3 is 0 Å². The fraction of sp³-hybridized carbons (Fsp3) is 0.143. The Morgan fingerprint density at radius 3 is 2.44 bits per heavy atom. The van der Waals surface area contributed by atoms with Crippen LogP contribution in [0.25, 0.3) is 0 Å². The van der Waals surface area contributed by atoms with E-state index in [1.54, 1.807) is 31.0 Å². The van der Waals surface area contributed by atoms with Crippen molar-refractivity contribution in [1.82, 2.24) is 0 Å². The molecule has 2 nitrogen and oxygen atoms in total. The molecule has 4 heteroatoms. The SMILES string of the molecule is Cc1c(N)cc(F)cc1N(C)c1cccc(F)c1. The maximum absolute atomic E-state index is 13.4. The zero-order chi connectivity index (χ0) is 13.3. The Morgan fingerprint density at radius 1 is 1.06 bits per heavy atom. The maximum atomic E-state index is 13.4. The van der Waals surface area contributed by atoms with Crippen molar-refractivity contribution in [2.24, 2.45) is 0 Å². The van der Waals surface area contributed by atoms with Gasteiger partial charge in [-0.05, 0) is 42.8 Å². The molecule has 2 aromatic carbocycles. The number of hydrogen-bond acceptors (Lipinski definition) is 2. The first-order chi connectivity index (χ1) is 8.49. The van der Waals surface area contributed by atoms with Crippen LogP contribution in [-0.4, -0.2) is 7.05 Å². The molecule has 0 aliphatic carbocycles. The smallest absolute Gasteiger partial charge is 0.127 e. The lowest BCUT2D eigenvalue weighted by Gasteiger charge is -2.22. The first kappa shape index (κ1) is 12.4. The second-order valence-electron chi connectivity index (χ2n) is 4.18. The molecule has 0 heterocycles. The summed E-state index contributed by atoms with van der Waals surface area (Å²) in [6.45, 7) is 1.81. The van der Waals surface area contributed by atoms with Crippen molar-refractivity contribution in [3.05, 3.63) is 53.6 Å². The van der Waals surface area contributed by atoms with E-state index in [1.807, 2.05) is 0 Å². The third kappa shape index (κ3) is 2.27. The summed E-state index contributed by atoms with van der Waals surface area (Å²) in [7, 11) is 1.75. The molecule has 0 aromatic heterocycles. The zero-order valence-corrected chi connectivity index (χ0v) is 10.2. The molecule has 0 saturated carbocycles. The summed E-state index contributed by atoms with van der Waals surface area (Å²) in [5.74, 6) is -0.738. The highest BCUT2D eigenvalue weighted by molar-refractivity contribution is 5.71. The van der Waals surface area contributed by atoms with Crippen molar-refractivity contribution in [2.45, 2.75) is 6.92 Å². The van der Waals surface area contributed by atoms with Crippen molar-refractivity contribution < 1.29 is 8.78 Å². The van der Waals surface area contributed by atoms with Crippen LogP contribution >= 0.6 is 0 Å². The fourth-order valence-corrected chi connectivity index (χ4v) is 1.86. The summed E-state index contributed by atoms with van der Waals surface area (Å²) in [5, 5.41) is 0. The molecule has 0 unspecified atom stereocenters. The first-order valence-corrected chi connectivity index (χ1v) is 5.54. The van der Waals surface area contributed by atoms with Gasteiger partial charge in [-0.1, -0.05) is 6.07 Å². The van der Waals surface area contributed by atoms with Crippen LogP contribution in [0.1, 0.15) is 5.56 Å². The lowest BCUT2D eigenvalue weighted by molar-refractivity contribution is 0.627. The van der Waals surface area contributed by atoms with Crippen molar-refractivity contribution >= 4 is 17.1 Å². The highest BCUT2D eigenvalue weighted by Gasteiger charge is 2.11. The summed E-state index contributed by atoms with van der Waals surface area (Å²) in [6.07, 6.45) is 0. The number of rotatable bonds is 2. The van der Waals surface area contributed by atoms with Crippen LogP contribution in [0.3, 0.4) is 0 Å². The average molecular weight is 248 g/mol. The number of benzene rings is 2. The highest BCUT2D eigenvalue weighted by atomic mass is 19.1. The minimum atomic E-state index is -0.406. The maximum Gasteiger partial charge on any atom is 0.127 e. The summed E-state index contributed by atoms with van der Waals surface area (Å²) < 4.78 is 26.6. The topological polar surface area (TPSA) is 29.3 Å². The Hall–Kier alpha value is -2.10. The quantitative estimate of drug-likeness (QED) is 0.822. The van der Waals surface area contributed by atoms with Crippen LogP contribution in [0.5, 0.6) is 0 Å². The van der Waals surface area contributed by atoms with Gasteiger partial charge in [0.05, 0.1) is 0 Å². The van der Waals surface area contributed by atoms with E-state index in [2.05, 4.69) is 0 Å². The van der Waals surface area contributed by atoms with Gasteiger partial charge in [0.1, 0.15) is 11.6 Å². The number of halogens is 2. The molecule has 0 fully saturated rings. The molecule has 0 bridgehead atoms. The standard InChI is InChI=1S/C14H14F2N2/c1-9-13(17)7-11(16)8-14(9)18(2)12-5-3-4-10(15)6-12/h3-8H,17H2,1-2H3. The Morgan fingerprint density at radius 2 is 1.78 bits per heavy atom.